The molecule has 0 unspecified atom stereocenters. The fraction of sp³-hybridized carbons (Fsp3) is 0.417. The largest absolute Gasteiger partial charge is 0.494 e. The summed E-state index contributed by atoms with van der Waals surface area (Å²) in [5, 5.41) is 2.87. The van der Waals surface area contributed by atoms with E-state index < -0.39 is 0 Å². The highest BCUT2D eigenvalue weighted by atomic mass is 32.2. The molecule has 2 rings (SSSR count). The zero-order valence-electron chi connectivity index (χ0n) is 9.81. The quantitative estimate of drug-likeness (QED) is 0.899. The highest BCUT2D eigenvalue weighted by molar-refractivity contribution is 7.99. The van der Waals surface area contributed by atoms with Crippen molar-refractivity contribution in [3.05, 3.63) is 24.3 Å². The third-order valence-electron chi connectivity index (χ3n) is 2.46. The Labute approximate surface area is 105 Å². The lowest BCUT2D eigenvalue weighted by Crippen LogP contribution is -2.32. The second-order valence-electron chi connectivity index (χ2n) is 3.69. The van der Waals surface area contributed by atoms with Crippen molar-refractivity contribution < 1.29 is 9.53 Å². The summed E-state index contributed by atoms with van der Waals surface area (Å²) < 4.78 is 5.34. The van der Waals surface area contributed by atoms with E-state index in [-0.39, 0.29) is 6.03 Å². The van der Waals surface area contributed by atoms with Crippen LogP contribution in [0.4, 0.5) is 10.5 Å². The van der Waals surface area contributed by atoms with Crippen LogP contribution in [0.1, 0.15) is 6.92 Å². The van der Waals surface area contributed by atoms with Gasteiger partial charge < -0.3 is 15.0 Å². The van der Waals surface area contributed by atoms with Crippen molar-refractivity contribution in [3.8, 4) is 5.75 Å². The molecule has 0 radical (unpaired) electrons. The van der Waals surface area contributed by atoms with Gasteiger partial charge in [0.25, 0.3) is 0 Å². The number of ether oxygens (including phenoxy) is 1. The van der Waals surface area contributed by atoms with Crippen molar-refractivity contribution in [2.24, 2.45) is 0 Å². The van der Waals surface area contributed by atoms with Crippen molar-refractivity contribution in [1.82, 2.24) is 4.90 Å². The van der Waals surface area contributed by atoms with Gasteiger partial charge >= 0.3 is 6.03 Å². The van der Waals surface area contributed by atoms with Crippen LogP contribution in [0, 0.1) is 0 Å². The highest BCUT2D eigenvalue weighted by Crippen LogP contribution is 2.18. The summed E-state index contributed by atoms with van der Waals surface area (Å²) in [7, 11) is 0. The number of carbonyl (C=O) groups excluding carboxylic acids is 1. The van der Waals surface area contributed by atoms with Gasteiger partial charge in [-0.2, -0.15) is 0 Å². The van der Waals surface area contributed by atoms with E-state index in [1.54, 1.807) is 16.7 Å². The third-order valence-corrected chi connectivity index (χ3v) is 3.42. The van der Waals surface area contributed by atoms with Crippen molar-refractivity contribution in [3.63, 3.8) is 0 Å². The number of rotatable bonds is 3. The van der Waals surface area contributed by atoms with Crippen LogP contribution in [0.2, 0.25) is 0 Å². The van der Waals surface area contributed by atoms with Gasteiger partial charge in [0.15, 0.2) is 0 Å². The van der Waals surface area contributed by atoms with E-state index in [2.05, 4.69) is 5.32 Å². The van der Waals surface area contributed by atoms with Gasteiger partial charge in [0.2, 0.25) is 0 Å². The summed E-state index contributed by atoms with van der Waals surface area (Å²) in [6.45, 7) is 3.42. The Morgan fingerprint density at radius 3 is 2.82 bits per heavy atom. The SMILES string of the molecule is CCOc1ccc(NC(=O)N2CCSC2)cc1. The Hall–Kier alpha value is -1.36. The van der Waals surface area contributed by atoms with E-state index in [0.717, 1.165) is 29.6 Å². The molecule has 0 spiro atoms. The number of thioether (sulfide) groups is 1. The molecule has 0 atom stereocenters. The lowest BCUT2D eigenvalue weighted by molar-refractivity contribution is 0.225. The van der Waals surface area contributed by atoms with Crippen molar-refractivity contribution in [2.75, 3.05) is 30.1 Å². The first-order valence-corrected chi connectivity index (χ1v) is 6.81. The smallest absolute Gasteiger partial charge is 0.322 e. The molecule has 0 bridgehead atoms. The molecule has 0 aliphatic carbocycles. The molecule has 1 heterocycles. The first-order chi connectivity index (χ1) is 8.29. The minimum atomic E-state index is -0.0286. The van der Waals surface area contributed by atoms with Gasteiger partial charge in [0.05, 0.1) is 12.5 Å². The number of nitrogens with one attached hydrogen (secondary N) is 1. The Bertz CT molecular complexity index is 375. The molecular weight excluding hydrogens is 236 g/mol. The van der Waals surface area contributed by atoms with Gasteiger partial charge in [-0.25, -0.2) is 4.79 Å². The average molecular weight is 252 g/mol. The summed E-state index contributed by atoms with van der Waals surface area (Å²) in [6, 6.07) is 7.40. The third kappa shape index (κ3) is 3.30. The van der Waals surface area contributed by atoms with Crippen LogP contribution in [0.25, 0.3) is 0 Å². The first-order valence-electron chi connectivity index (χ1n) is 5.66. The molecule has 92 valence electrons. The van der Waals surface area contributed by atoms with Crippen molar-refractivity contribution in [1.29, 1.82) is 0 Å². The maximum Gasteiger partial charge on any atom is 0.322 e. The zero-order valence-corrected chi connectivity index (χ0v) is 10.6. The molecule has 1 fully saturated rings. The van der Waals surface area contributed by atoms with Gasteiger partial charge in [0, 0.05) is 18.0 Å². The number of hydrogen-bond donors (Lipinski definition) is 1. The Balaban J connectivity index is 1.91. The lowest BCUT2D eigenvalue weighted by atomic mass is 10.3. The van der Waals surface area contributed by atoms with Crippen LogP contribution in [0.5, 0.6) is 5.75 Å². The van der Waals surface area contributed by atoms with Crippen LogP contribution in [0.15, 0.2) is 24.3 Å². The predicted octanol–water partition coefficient (Wildman–Crippen LogP) is 2.62. The van der Waals surface area contributed by atoms with Gasteiger partial charge in [-0.05, 0) is 31.2 Å². The summed E-state index contributed by atoms with van der Waals surface area (Å²) in [5.41, 5.74) is 0.801. The second kappa shape index (κ2) is 5.82. The van der Waals surface area contributed by atoms with E-state index in [1.807, 2.05) is 31.2 Å². The standard InChI is InChI=1S/C12H16N2O2S/c1-2-16-11-5-3-10(4-6-11)13-12(15)14-7-8-17-9-14/h3-6H,2,7-9H2,1H3,(H,13,15). The van der Waals surface area contributed by atoms with E-state index in [0.29, 0.717) is 6.61 Å². The van der Waals surface area contributed by atoms with Gasteiger partial charge in [-0.15, -0.1) is 11.8 Å². The van der Waals surface area contributed by atoms with E-state index in [9.17, 15) is 4.79 Å². The highest BCUT2D eigenvalue weighted by Gasteiger charge is 2.17. The number of hydrogen-bond acceptors (Lipinski definition) is 3. The molecular formula is C12H16N2O2S. The Morgan fingerprint density at radius 1 is 1.47 bits per heavy atom. The van der Waals surface area contributed by atoms with Gasteiger partial charge in [-0.1, -0.05) is 0 Å². The minimum Gasteiger partial charge on any atom is -0.494 e. The summed E-state index contributed by atoms with van der Waals surface area (Å²) in [4.78, 5) is 13.6. The fourth-order valence-corrected chi connectivity index (χ4v) is 2.52. The molecule has 1 aliphatic rings. The molecule has 0 aromatic heterocycles. The van der Waals surface area contributed by atoms with Gasteiger partial charge in [-0.3, -0.25) is 0 Å². The molecule has 1 aliphatic heterocycles. The molecule has 1 N–H and O–H groups in total. The van der Waals surface area contributed by atoms with Crippen LogP contribution in [-0.4, -0.2) is 35.7 Å². The van der Waals surface area contributed by atoms with Gasteiger partial charge in [0.1, 0.15) is 5.75 Å². The molecule has 4 nitrogen and oxygen atoms in total. The van der Waals surface area contributed by atoms with Crippen LogP contribution < -0.4 is 10.1 Å². The molecule has 5 heteroatoms. The lowest BCUT2D eigenvalue weighted by Gasteiger charge is -2.15. The molecule has 1 aromatic rings. The average Bonchev–Trinajstić information content (AvgIpc) is 2.86. The number of urea groups is 1. The number of carbonyl (C=O) groups is 1. The minimum absolute atomic E-state index is 0.0286. The second-order valence-corrected chi connectivity index (χ2v) is 4.76. The maximum absolute atomic E-state index is 11.8. The number of nitrogens with zero attached hydrogens (tertiary/aromatic N) is 1. The molecule has 1 aromatic carbocycles. The molecule has 17 heavy (non-hydrogen) atoms. The molecule has 1 saturated heterocycles. The predicted molar refractivity (Wildman–Crippen MR) is 70.7 cm³/mol. The summed E-state index contributed by atoms with van der Waals surface area (Å²) >= 11 is 1.78. The molecule has 2 amide bonds. The van der Waals surface area contributed by atoms with Crippen LogP contribution >= 0.6 is 11.8 Å². The number of benzene rings is 1. The Morgan fingerprint density at radius 2 is 2.24 bits per heavy atom. The first kappa shape index (κ1) is 12.1. The fourth-order valence-electron chi connectivity index (χ4n) is 1.58. The maximum atomic E-state index is 11.8. The van der Waals surface area contributed by atoms with E-state index in [4.69, 9.17) is 4.74 Å². The van der Waals surface area contributed by atoms with Crippen molar-refractivity contribution in [2.45, 2.75) is 6.92 Å². The summed E-state index contributed by atoms with van der Waals surface area (Å²) in [5.74, 6) is 2.63. The van der Waals surface area contributed by atoms with Crippen LogP contribution in [-0.2, 0) is 0 Å². The summed E-state index contributed by atoms with van der Waals surface area (Å²) in [6.07, 6.45) is 0. The van der Waals surface area contributed by atoms with E-state index in [1.165, 1.54) is 0 Å². The number of amides is 2. The zero-order chi connectivity index (χ0) is 12.1. The van der Waals surface area contributed by atoms with E-state index >= 15 is 0 Å². The number of anilines is 1. The Kier molecular flexibility index (Phi) is 4.14. The molecule has 0 saturated carbocycles. The monoisotopic (exact) mass is 252 g/mol. The van der Waals surface area contributed by atoms with Crippen LogP contribution in [0.3, 0.4) is 0 Å². The normalized spacial score (nSPS) is 14.8. The topological polar surface area (TPSA) is 41.6 Å². The van der Waals surface area contributed by atoms with Crippen molar-refractivity contribution >= 4 is 23.5 Å².